The van der Waals surface area contributed by atoms with Gasteiger partial charge in [0, 0.05) is 0 Å². The molecule has 112 valence electrons. The standard InChI is InChI=1S/C13H18O7/c14-4-5-18-6-7-19-8-9-20-11-3-1-2-10(15)12(11)13(16)17/h1-3,14-15H,4-9H2,(H,16,17). The van der Waals surface area contributed by atoms with Crippen LogP contribution < -0.4 is 4.74 Å². The average Bonchev–Trinajstić information content (AvgIpc) is 2.41. The molecule has 0 fully saturated rings. The Morgan fingerprint density at radius 1 is 1.05 bits per heavy atom. The summed E-state index contributed by atoms with van der Waals surface area (Å²) in [5.41, 5.74) is -0.265. The van der Waals surface area contributed by atoms with Crippen molar-refractivity contribution in [3.05, 3.63) is 23.8 Å². The molecule has 0 atom stereocenters. The Hall–Kier alpha value is -1.83. The molecule has 0 saturated carbocycles. The first-order valence-electron chi connectivity index (χ1n) is 6.11. The molecule has 0 saturated heterocycles. The quantitative estimate of drug-likeness (QED) is 0.538. The lowest BCUT2D eigenvalue weighted by Crippen LogP contribution is -2.13. The van der Waals surface area contributed by atoms with Gasteiger partial charge in [0.15, 0.2) is 0 Å². The normalized spacial score (nSPS) is 10.4. The summed E-state index contributed by atoms with van der Waals surface area (Å²) in [6, 6.07) is 4.25. The molecule has 0 aliphatic rings. The van der Waals surface area contributed by atoms with E-state index in [0.717, 1.165) is 0 Å². The second-order valence-corrected chi connectivity index (χ2v) is 3.75. The summed E-state index contributed by atoms with van der Waals surface area (Å²) in [5.74, 6) is -1.50. The number of aliphatic hydroxyl groups is 1. The van der Waals surface area contributed by atoms with Crippen molar-refractivity contribution in [2.75, 3.05) is 39.6 Å². The van der Waals surface area contributed by atoms with Gasteiger partial charge in [0.05, 0.1) is 33.0 Å². The van der Waals surface area contributed by atoms with Crippen LogP contribution in [0.4, 0.5) is 0 Å². The van der Waals surface area contributed by atoms with Crippen molar-refractivity contribution in [1.82, 2.24) is 0 Å². The van der Waals surface area contributed by atoms with Crippen LogP contribution in [0.5, 0.6) is 11.5 Å². The monoisotopic (exact) mass is 286 g/mol. The first-order valence-corrected chi connectivity index (χ1v) is 6.11. The fourth-order valence-corrected chi connectivity index (χ4v) is 1.45. The first kappa shape index (κ1) is 16.2. The summed E-state index contributed by atoms with van der Waals surface area (Å²) in [7, 11) is 0. The number of aromatic carboxylic acids is 1. The molecule has 7 heteroatoms. The third-order valence-electron chi connectivity index (χ3n) is 2.31. The van der Waals surface area contributed by atoms with Crippen molar-refractivity contribution >= 4 is 5.97 Å². The van der Waals surface area contributed by atoms with Crippen molar-refractivity contribution < 1.29 is 34.3 Å². The van der Waals surface area contributed by atoms with Crippen molar-refractivity contribution in [1.29, 1.82) is 0 Å². The van der Waals surface area contributed by atoms with Gasteiger partial charge >= 0.3 is 5.97 Å². The minimum Gasteiger partial charge on any atom is -0.507 e. The van der Waals surface area contributed by atoms with Gasteiger partial charge in [-0.3, -0.25) is 0 Å². The van der Waals surface area contributed by atoms with Gasteiger partial charge in [-0.25, -0.2) is 4.79 Å². The second kappa shape index (κ2) is 9.13. The second-order valence-electron chi connectivity index (χ2n) is 3.75. The van der Waals surface area contributed by atoms with Gasteiger partial charge in [0.25, 0.3) is 0 Å². The maximum atomic E-state index is 11.0. The maximum Gasteiger partial charge on any atom is 0.343 e. The third-order valence-corrected chi connectivity index (χ3v) is 2.31. The molecule has 1 aromatic rings. The van der Waals surface area contributed by atoms with Crippen molar-refractivity contribution in [2.24, 2.45) is 0 Å². The molecule has 0 aliphatic heterocycles. The van der Waals surface area contributed by atoms with E-state index < -0.39 is 5.97 Å². The zero-order valence-corrected chi connectivity index (χ0v) is 10.9. The molecule has 3 N–H and O–H groups in total. The van der Waals surface area contributed by atoms with E-state index in [2.05, 4.69) is 0 Å². The van der Waals surface area contributed by atoms with Gasteiger partial charge < -0.3 is 29.5 Å². The van der Waals surface area contributed by atoms with Crippen molar-refractivity contribution in [3.8, 4) is 11.5 Å². The molecule has 0 amide bonds. The molecule has 1 aromatic carbocycles. The van der Waals surface area contributed by atoms with Crippen LogP contribution >= 0.6 is 0 Å². The highest BCUT2D eigenvalue weighted by atomic mass is 16.5. The molecule has 0 bridgehead atoms. The van der Waals surface area contributed by atoms with Gasteiger partial charge in [-0.2, -0.15) is 0 Å². The Balaban J connectivity index is 2.29. The topological polar surface area (TPSA) is 105 Å². The number of phenols is 1. The smallest absolute Gasteiger partial charge is 0.343 e. The van der Waals surface area contributed by atoms with E-state index in [9.17, 15) is 9.90 Å². The molecule has 7 nitrogen and oxygen atoms in total. The van der Waals surface area contributed by atoms with Gasteiger partial charge in [-0.1, -0.05) is 6.07 Å². The van der Waals surface area contributed by atoms with Gasteiger partial charge in [-0.05, 0) is 12.1 Å². The zero-order chi connectivity index (χ0) is 14.8. The number of ether oxygens (including phenoxy) is 3. The summed E-state index contributed by atoms with van der Waals surface area (Å²) in [5, 5.41) is 26.9. The summed E-state index contributed by atoms with van der Waals surface area (Å²) in [4.78, 5) is 11.0. The van der Waals surface area contributed by atoms with E-state index in [0.29, 0.717) is 13.2 Å². The van der Waals surface area contributed by atoms with E-state index >= 15 is 0 Å². The van der Waals surface area contributed by atoms with Gasteiger partial charge in [-0.15, -0.1) is 0 Å². The molecule has 0 unspecified atom stereocenters. The first-order chi connectivity index (χ1) is 9.66. The summed E-state index contributed by atoms with van der Waals surface area (Å²) in [6.45, 7) is 1.38. The highest BCUT2D eigenvalue weighted by Gasteiger charge is 2.15. The van der Waals surface area contributed by atoms with Crippen molar-refractivity contribution in [2.45, 2.75) is 0 Å². The number of aromatic hydroxyl groups is 1. The molecule has 0 aliphatic carbocycles. The Bertz CT molecular complexity index is 419. The summed E-state index contributed by atoms with van der Waals surface area (Å²) < 4.78 is 15.4. The minimum atomic E-state index is -1.25. The lowest BCUT2D eigenvalue weighted by Gasteiger charge is -2.10. The Morgan fingerprint density at radius 2 is 1.70 bits per heavy atom. The highest BCUT2D eigenvalue weighted by Crippen LogP contribution is 2.27. The van der Waals surface area contributed by atoms with Gasteiger partial charge in [0.2, 0.25) is 0 Å². The Kier molecular flexibility index (Phi) is 7.41. The predicted octanol–water partition coefficient (Wildman–Crippen LogP) is 0.495. The zero-order valence-electron chi connectivity index (χ0n) is 10.9. The van der Waals surface area contributed by atoms with Crippen LogP contribution in [0.25, 0.3) is 0 Å². The van der Waals surface area contributed by atoms with Crippen LogP contribution in [-0.2, 0) is 9.47 Å². The number of benzene rings is 1. The van der Waals surface area contributed by atoms with Crippen LogP contribution in [-0.4, -0.2) is 60.9 Å². The number of aliphatic hydroxyl groups excluding tert-OH is 1. The molecular weight excluding hydrogens is 268 g/mol. The van der Waals surface area contributed by atoms with E-state index in [1.807, 2.05) is 0 Å². The van der Waals surface area contributed by atoms with Crippen LogP contribution in [0.15, 0.2) is 18.2 Å². The van der Waals surface area contributed by atoms with Crippen LogP contribution in [0, 0.1) is 0 Å². The SMILES string of the molecule is O=C(O)c1c(O)cccc1OCCOCCOCCO. The number of carboxylic acid groups (broad SMARTS) is 1. The molecular formula is C13H18O7. The van der Waals surface area contributed by atoms with Crippen LogP contribution in [0.3, 0.4) is 0 Å². The van der Waals surface area contributed by atoms with Crippen LogP contribution in [0.1, 0.15) is 10.4 Å². The number of carbonyl (C=O) groups is 1. The Morgan fingerprint density at radius 3 is 2.35 bits per heavy atom. The predicted molar refractivity (Wildman–Crippen MR) is 69.3 cm³/mol. The van der Waals surface area contributed by atoms with Crippen LogP contribution in [0.2, 0.25) is 0 Å². The highest BCUT2D eigenvalue weighted by molar-refractivity contribution is 5.93. The summed E-state index contributed by atoms with van der Waals surface area (Å²) in [6.07, 6.45) is 0. The van der Waals surface area contributed by atoms with Gasteiger partial charge in [0.1, 0.15) is 23.7 Å². The summed E-state index contributed by atoms with van der Waals surface area (Å²) >= 11 is 0. The lowest BCUT2D eigenvalue weighted by atomic mass is 10.2. The molecule has 1 rings (SSSR count). The Labute approximate surface area is 116 Å². The number of hydrogen-bond acceptors (Lipinski definition) is 6. The van der Waals surface area contributed by atoms with E-state index in [4.69, 9.17) is 24.4 Å². The van der Waals surface area contributed by atoms with E-state index in [1.165, 1.54) is 18.2 Å². The average molecular weight is 286 g/mol. The molecule has 0 spiro atoms. The molecule has 0 aromatic heterocycles. The maximum absolute atomic E-state index is 11.0. The fourth-order valence-electron chi connectivity index (χ4n) is 1.45. The van der Waals surface area contributed by atoms with E-state index in [-0.39, 0.29) is 43.5 Å². The molecule has 20 heavy (non-hydrogen) atoms. The number of rotatable bonds is 10. The minimum absolute atomic E-state index is 0.0292. The third kappa shape index (κ3) is 5.43. The molecule has 0 heterocycles. The molecule has 0 radical (unpaired) electrons. The lowest BCUT2D eigenvalue weighted by molar-refractivity contribution is 0.0245. The number of carboxylic acids is 1. The van der Waals surface area contributed by atoms with Crippen molar-refractivity contribution in [3.63, 3.8) is 0 Å². The number of hydrogen-bond donors (Lipinski definition) is 3. The van der Waals surface area contributed by atoms with E-state index in [1.54, 1.807) is 0 Å². The largest absolute Gasteiger partial charge is 0.507 e. The fraction of sp³-hybridized carbons (Fsp3) is 0.462.